The van der Waals surface area contributed by atoms with Crippen molar-refractivity contribution in [3.05, 3.63) is 40.6 Å². The second kappa shape index (κ2) is 5.13. The normalized spacial score (nSPS) is 26.0. The Morgan fingerprint density at radius 1 is 1.27 bits per heavy atom. The Kier molecular flexibility index (Phi) is 3.14. The van der Waals surface area contributed by atoms with Crippen LogP contribution in [0, 0.1) is 10.8 Å². The first-order valence-corrected chi connectivity index (χ1v) is 9.22. The third-order valence-electron chi connectivity index (χ3n) is 6.18. The minimum Gasteiger partial charge on any atom is -0.342 e. The van der Waals surface area contributed by atoms with Crippen LogP contribution in [0.1, 0.15) is 32.4 Å². The van der Waals surface area contributed by atoms with E-state index >= 15 is 0 Å². The maximum atomic E-state index is 13.1. The van der Waals surface area contributed by atoms with Gasteiger partial charge in [-0.1, -0.05) is 13.8 Å². The summed E-state index contributed by atoms with van der Waals surface area (Å²) in [5.74, 6) is 1.18. The van der Waals surface area contributed by atoms with Crippen LogP contribution in [0.4, 0.5) is 0 Å². The molecule has 7 heteroatoms. The molecule has 0 bridgehead atoms. The minimum atomic E-state index is -0.203. The number of fused-ring (bicyclic) bond motifs is 2. The van der Waals surface area contributed by atoms with Gasteiger partial charge in [-0.15, -0.1) is 5.11 Å². The minimum absolute atomic E-state index is 0.00391. The fourth-order valence-corrected chi connectivity index (χ4v) is 5.03. The van der Waals surface area contributed by atoms with Crippen LogP contribution in [0.2, 0.25) is 0 Å². The molecule has 3 aliphatic heterocycles. The van der Waals surface area contributed by atoms with E-state index in [0.29, 0.717) is 18.7 Å². The van der Waals surface area contributed by atoms with Crippen LogP contribution >= 0.6 is 0 Å². The van der Waals surface area contributed by atoms with Gasteiger partial charge in [0.05, 0.1) is 17.7 Å². The van der Waals surface area contributed by atoms with Crippen molar-refractivity contribution < 1.29 is 4.79 Å². The predicted octanol–water partition coefficient (Wildman–Crippen LogP) is 2.15. The predicted molar refractivity (Wildman–Crippen MR) is 95.9 cm³/mol. The fourth-order valence-electron chi connectivity index (χ4n) is 5.03. The number of carbonyl (C=O) groups excluding carboxylic acids is 1. The summed E-state index contributed by atoms with van der Waals surface area (Å²) >= 11 is 0. The summed E-state index contributed by atoms with van der Waals surface area (Å²) in [7, 11) is 1.97. The van der Waals surface area contributed by atoms with Crippen LogP contribution in [-0.2, 0) is 18.4 Å². The Morgan fingerprint density at radius 3 is 2.81 bits per heavy atom. The lowest BCUT2D eigenvalue weighted by atomic mass is 9.60. The van der Waals surface area contributed by atoms with Crippen LogP contribution in [0.25, 0.3) is 0 Å². The fraction of sp³-hybridized carbons (Fsp3) is 0.579. The summed E-state index contributed by atoms with van der Waals surface area (Å²) in [6.45, 7) is 7.50. The molecule has 26 heavy (non-hydrogen) atoms. The van der Waals surface area contributed by atoms with E-state index in [0.717, 1.165) is 43.1 Å². The number of hydrogen-bond donors (Lipinski definition) is 1. The van der Waals surface area contributed by atoms with Crippen molar-refractivity contribution in [2.45, 2.75) is 33.2 Å². The van der Waals surface area contributed by atoms with Crippen LogP contribution < -0.4 is 5.32 Å². The lowest BCUT2D eigenvalue weighted by Gasteiger charge is -2.55. The number of rotatable bonds is 2. The van der Waals surface area contributed by atoms with Crippen molar-refractivity contribution in [3.8, 4) is 0 Å². The number of aryl methyl sites for hydroxylation is 1. The summed E-state index contributed by atoms with van der Waals surface area (Å²) in [5.41, 5.74) is 4.26. The number of nitrogens with one attached hydrogen (secondary N) is 1. The van der Waals surface area contributed by atoms with E-state index in [1.54, 1.807) is 0 Å². The van der Waals surface area contributed by atoms with E-state index in [-0.39, 0.29) is 10.8 Å². The third-order valence-corrected chi connectivity index (χ3v) is 6.18. The van der Waals surface area contributed by atoms with E-state index in [1.807, 2.05) is 17.9 Å². The lowest BCUT2D eigenvalue weighted by Crippen LogP contribution is -2.62. The zero-order chi connectivity index (χ0) is 18.1. The number of hydrogen-bond acceptors (Lipinski definition) is 6. The number of likely N-dealkylation sites (tertiary alicyclic amines) is 1. The molecular weight excluding hydrogens is 328 g/mol. The molecule has 1 saturated heterocycles. The lowest BCUT2D eigenvalue weighted by molar-refractivity contribution is -0.120. The Morgan fingerprint density at radius 2 is 2.08 bits per heavy atom. The molecule has 0 atom stereocenters. The van der Waals surface area contributed by atoms with Gasteiger partial charge in [0.25, 0.3) is 0 Å². The van der Waals surface area contributed by atoms with Gasteiger partial charge in [-0.2, -0.15) is 10.2 Å². The van der Waals surface area contributed by atoms with Gasteiger partial charge in [0.2, 0.25) is 0 Å². The van der Waals surface area contributed by atoms with Gasteiger partial charge in [-0.25, -0.2) is 0 Å². The second-order valence-electron chi connectivity index (χ2n) is 8.82. The average molecular weight is 352 g/mol. The summed E-state index contributed by atoms with van der Waals surface area (Å²) < 4.78 is 1.91. The highest BCUT2D eigenvalue weighted by molar-refractivity contribution is 6.00. The number of aromatic nitrogens is 2. The van der Waals surface area contributed by atoms with Gasteiger partial charge in [-0.3, -0.25) is 14.4 Å². The maximum Gasteiger partial charge on any atom is 0.162 e. The SMILES string of the molecule is Cn1nccc1CN1CC2(C1)C1=C(N=NC1)NC1=C2C(=O)CC(C)(C)C1. The monoisotopic (exact) mass is 352 g/mol. The molecule has 1 aromatic rings. The van der Waals surface area contributed by atoms with E-state index in [1.165, 1.54) is 11.3 Å². The zero-order valence-corrected chi connectivity index (χ0v) is 15.5. The highest BCUT2D eigenvalue weighted by Crippen LogP contribution is 2.54. The van der Waals surface area contributed by atoms with Gasteiger partial charge in [0, 0.05) is 56.1 Å². The third kappa shape index (κ3) is 2.16. The number of carbonyl (C=O) groups is 1. The first-order chi connectivity index (χ1) is 12.4. The molecule has 1 fully saturated rings. The molecule has 4 aliphatic rings. The Hall–Kier alpha value is -2.28. The van der Waals surface area contributed by atoms with Gasteiger partial charge in [0.15, 0.2) is 11.6 Å². The molecule has 1 aliphatic carbocycles. The molecule has 7 nitrogen and oxygen atoms in total. The van der Waals surface area contributed by atoms with Crippen LogP contribution in [0.3, 0.4) is 0 Å². The summed E-state index contributed by atoms with van der Waals surface area (Å²) in [6, 6.07) is 2.05. The van der Waals surface area contributed by atoms with Crippen molar-refractivity contribution in [3.63, 3.8) is 0 Å². The van der Waals surface area contributed by atoms with Crippen molar-refractivity contribution in [2.24, 2.45) is 28.1 Å². The van der Waals surface area contributed by atoms with Gasteiger partial charge >= 0.3 is 0 Å². The first kappa shape index (κ1) is 15.9. The highest BCUT2D eigenvalue weighted by Gasteiger charge is 2.57. The molecule has 0 unspecified atom stereocenters. The van der Waals surface area contributed by atoms with Crippen LogP contribution in [-0.4, -0.2) is 40.1 Å². The molecule has 1 aromatic heterocycles. The van der Waals surface area contributed by atoms with Crippen LogP contribution in [0.5, 0.6) is 0 Å². The molecule has 5 rings (SSSR count). The number of azo groups is 1. The molecule has 0 amide bonds. The smallest absolute Gasteiger partial charge is 0.162 e. The second-order valence-corrected chi connectivity index (χ2v) is 8.82. The molecule has 0 radical (unpaired) electrons. The average Bonchev–Trinajstić information content (AvgIpc) is 3.12. The molecule has 4 heterocycles. The van der Waals surface area contributed by atoms with Gasteiger partial charge < -0.3 is 5.32 Å². The summed E-state index contributed by atoms with van der Waals surface area (Å²) in [4.78, 5) is 15.5. The largest absolute Gasteiger partial charge is 0.342 e. The maximum absolute atomic E-state index is 13.1. The molecular formula is C19H24N6O. The first-order valence-electron chi connectivity index (χ1n) is 9.22. The van der Waals surface area contributed by atoms with E-state index in [2.05, 4.69) is 45.5 Å². The van der Waals surface area contributed by atoms with Gasteiger partial charge in [-0.05, 0) is 17.9 Å². The topological polar surface area (TPSA) is 74.9 Å². The van der Waals surface area contributed by atoms with E-state index in [9.17, 15) is 4.79 Å². The number of allylic oxidation sites excluding steroid dienone is 1. The highest BCUT2D eigenvalue weighted by atomic mass is 16.1. The van der Waals surface area contributed by atoms with Crippen molar-refractivity contribution in [1.29, 1.82) is 0 Å². The van der Waals surface area contributed by atoms with E-state index in [4.69, 9.17) is 0 Å². The molecule has 0 saturated carbocycles. The number of Topliss-reactive ketones (excluding diaryl/α,β-unsaturated/α-hetero) is 1. The van der Waals surface area contributed by atoms with Crippen molar-refractivity contribution in [2.75, 3.05) is 19.6 Å². The van der Waals surface area contributed by atoms with Crippen molar-refractivity contribution in [1.82, 2.24) is 20.0 Å². The number of nitrogens with zero attached hydrogens (tertiary/aromatic N) is 5. The molecule has 1 spiro atoms. The standard InChI is InChI=1S/C19H24N6O/c1-18(2)6-14-16(15(26)7-18)19(13-8-20-23-17(13)22-14)10-25(11-19)9-12-4-5-21-24(12)3/h4-5,22H,6-11H2,1-3H3. The zero-order valence-electron chi connectivity index (χ0n) is 15.5. The van der Waals surface area contributed by atoms with Gasteiger partial charge in [0.1, 0.15) is 0 Å². The quantitative estimate of drug-likeness (QED) is 0.885. The van der Waals surface area contributed by atoms with Crippen LogP contribution in [0.15, 0.2) is 45.2 Å². The molecule has 1 N–H and O–H groups in total. The summed E-state index contributed by atoms with van der Waals surface area (Å²) in [6.07, 6.45) is 3.34. The Balaban J connectivity index is 1.48. The molecule has 0 aromatic carbocycles. The Labute approximate surface area is 152 Å². The summed E-state index contributed by atoms with van der Waals surface area (Å²) in [5, 5.41) is 16.3. The molecule has 136 valence electrons. The number of ketones is 1. The van der Waals surface area contributed by atoms with Crippen molar-refractivity contribution >= 4 is 5.78 Å². The Bertz CT molecular complexity index is 897. The van der Waals surface area contributed by atoms with E-state index < -0.39 is 0 Å². The number of dihydropyridines is 1.